The zero-order valence-corrected chi connectivity index (χ0v) is 39.4. The van der Waals surface area contributed by atoms with E-state index >= 15 is 0 Å². The zero-order valence-electron chi connectivity index (χ0n) is 39.4. The molecule has 0 unspecified atom stereocenters. The molecule has 0 saturated carbocycles. The topological polar surface area (TPSA) is 21.3 Å². The average molecular weight is 914 g/mol. The molecule has 71 heavy (non-hydrogen) atoms. The summed E-state index contributed by atoms with van der Waals surface area (Å²) in [5.41, 5.74) is 19.0. The van der Waals surface area contributed by atoms with E-state index in [1.165, 1.54) is 61.0 Å². The van der Waals surface area contributed by atoms with Crippen molar-refractivity contribution in [3.8, 4) is 11.4 Å². The third-order valence-electron chi connectivity index (χ3n) is 14.3. The molecule has 0 radical (unpaired) electrons. The zero-order chi connectivity index (χ0) is 47.3. The summed E-state index contributed by atoms with van der Waals surface area (Å²) in [4.78, 5) is 4.90. The van der Waals surface area contributed by atoms with Gasteiger partial charge in [0.1, 0.15) is 0 Å². The highest BCUT2D eigenvalue weighted by Crippen LogP contribution is 2.45. The molecule has 0 N–H and O–H groups in total. The Morgan fingerprint density at radius 1 is 0.451 bits per heavy atom. The number of hydrogen-bond donors (Lipinski definition) is 0. The van der Waals surface area contributed by atoms with Crippen LogP contribution in [0.5, 0.6) is 0 Å². The Kier molecular flexibility index (Phi) is 10.5. The van der Waals surface area contributed by atoms with E-state index in [2.05, 4.69) is 267 Å². The fourth-order valence-corrected chi connectivity index (χ4v) is 11.2. The van der Waals surface area contributed by atoms with Crippen LogP contribution in [0, 0.1) is 0 Å². The second-order valence-corrected chi connectivity index (χ2v) is 18.5. The predicted molar refractivity (Wildman–Crippen MR) is 301 cm³/mol. The molecule has 5 heteroatoms. The molecule has 5 nitrogen and oxygen atoms in total. The lowest BCUT2D eigenvalue weighted by atomic mass is 9.97. The van der Waals surface area contributed by atoms with Crippen LogP contribution in [-0.2, 0) is 6.42 Å². The fraction of sp³-hybridized carbons (Fsp3) is 0.0606. The smallest absolute Gasteiger partial charge is 0.0539 e. The molecule has 3 heterocycles. The monoisotopic (exact) mass is 913 g/mol. The molecule has 0 atom stereocenters. The lowest BCUT2D eigenvalue weighted by Gasteiger charge is -2.30. The normalized spacial score (nSPS) is 13.5. The molecule has 0 fully saturated rings. The van der Waals surface area contributed by atoms with Crippen molar-refractivity contribution in [3.05, 3.63) is 266 Å². The quantitative estimate of drug-likeness (QED) is 0.121. The third kappa shape index (κ3) is 7.33. The van der Waals surface area contributed by atoms with Crippen molar-refractivity contribution in [2.45, 2.75) is 25.7 Å². The number of fused-ring (bicyclic) bond motifs is 7. The van der Waals surface area contributed by atoms with E-state index in [1.807, 2.05) is 12.2 Å². The standard InChI is InChI=1S/C66H51N5/c1-2-3-21-53-42-47-43-54(34-38-62(47)69(53)50-26-13-6-14-27-50)67(48-22-9-4-10-23-48)56-36-40-65-60(45-56)61-46-57(37-41-66(61)71(65)52-30-17-8-18-31-52)68(49-24-11-5-12-25-49)55-35-39-64-59(44-55)58-32-19-20-33-63(58)70(64)51-28-15-7-16-29-51/h2-17,19-30,32-34,36-38,40-46H,1,18,31,35,39H2/b21-3-. The summed E-state index contributed by atoms with van der Waals surface area (Å²) in [5, 5.41) is 4.86. The molecule has 3 aromatic heterocycles. The first kappa shape index (κ1) is 42.1. The summed E-state index contributed by atoms with van der Waals surface area (Å²) in [6.45, 7) is 3.96. The Labute approximate surface area is 414 Å². The molecule has 0 saturated heterocycles. The second kappa shape index (κ2) is 17.8. The van der Waals surface area contributed by atoms with E-state index in [0.29, 0.717) is 0 Å². The van der Waals surface area contributed by atoms with Crippen LogP contribution in [0.3, 0.4) is 0 Å². The van der Waals surface area contributed by atoms with Gasteiger partial charge in [0.05, 0.1) is 22.1 Å². The first-order chi connectivity index (χ1) is 35.2. The van der Waals surface area contributed by atoms with E-state index in [-0.39, 0.29) is 0 Å². The Bertz CT molecular complexity index is 3940. The molecule has 2 aliphatic carbocycles. The van der Waals surface area contributed by atoms with Gasteiger partial charge in [-0.05, 0) is 159 Å². The van der Waals surface area contributed by atoms with Crippen LogP contribution < -0.4 is 9.80 Å². The van der Waals surface area contributed by atoms with E-state index in [4.69, 9.17) is 0 Å². The Morgan fingerprint density at radius 3 is 1.66 bits per heavy atom. The van der Waals surface area contributed by atoms with Crippen LogP contribution in [0.4, 0.5) is 28.4 Å². The highest BCUT2D eigenvalue weighted by Gasteiger charge is 2.26. The minimum absolute atomic E-state index is 0.894. The molecule has 0 amide bonds. The van der Waals surface area contributed by atoms with Gasteiger partial charge in [-0.2, -0.15) is 0 Å². The lowest BCUT2D eigenvalue weighted by molar-refractivity contribution is 0.838. The summed E-state index contributed by atoms with van der Waals surface area (Å²) in [6.07, 6.45) is 19.0. The second-order valence-electron chi connectivity index (χ2n) is 18.5. The lowest BCUT2D eigenvalue weighted by Crippen LogP contribution is -2.19. The van der Waals surface area contributed by atoms with E-state index in [1.54, 1.807) is 0 Å². The predicted octanol–water partition coefficient (Wildman–Crippen LogP) is 17.7. The van der Waals surface area contributed by atoms with E-state index < -0.39 is 0 Å². The summed E-state index contributed by atoms with van der Waals surface area (Å²) in [6, 6.07) is 75.3. The molecule has 0 spiro atoms. The van der Waals surface area contributed by atoms with Gasteiger partial charge in [0, 0.05) is 89.7 Å². The van der Waals surface area contributed by atoms with E-state index in [9.17, 15) is 0 Å². The van der Waals surface area contributed by atoms with Gasteiger partial charge in [-0.1, -0.05) is 122 Å². The van der Waals surface area contributed by atoms with Crippen LogP contribution in [0.2, 0.25) is 0 Å². The molecule has 340 valence electrons. The van der Waals surface area contributed by atoms with Crippen molar-refractivity contribution in [3.63, 3.8) is 0 Å². The molecule has 0 aliphatic heterocycles. The van der Waals surface area contributed by atoms with Crippen LogP contribution >= 0.6 is 0 Å². The number of para-hydroxylation sites is 5. The maximum atomic E-state index is 3.96. The van der Waals surface area contributed by atoms with Gasteiger partial charge >= 0.3 is 0 Å². The number of hydrogen-bond acceptors (Lipinski definition) is 2. The molecule has 2 aliphatic rings. The van der Waals surface area contributed by atoms with Gasteiger partial charge in [0.15, 0.2) is 0 Å². The maximum absolute atomic E-state index is 3.96. The number of allylic oxidation sites excluding steroid dienone is 7. The number of nitrogens with zero attached hydrogens (tertiary/aromatic N) is 5. The summed E-state index contributed by atoms with van der Waals surface area (Å²) in [5.74, 6) is 0. The van der Waals surface area contributed by atoms with Crippen molar-refractivity contribution in [2.75, 3.05) is 9.80 Å². The SMILES string of the molecule is C=C/C=C\c1cc2cc(N(c3ccccc3)c3ccc4c(c3)c3cc(N(C5=Cc6c(n(-c7ccccc7)c7ccccc67)CC5)c5ccccc5)ccc3n4C3=CC=CCC3)ccc2n1-c1ccccc1. The maximum Gasteiger partial charge on any atom is 0.0539 e. The first-order valence-electron chi connectivity index (χ1n) is 24.7. The highest BCUT2D eigenvalue weighted by atomic mass is 15.2. The van der Waals surface area contributed by atoms with Crippen molar-refractivity contribution >= 4 is 89.9 Å². The number of anilines is 5. The third-order valence-corrected chi connectivity index (χ3v) is 14.3. The van der Waals surface area contributed by atoms with Crippen molar-refractivity contribution in [1.29, 1.82) is 0 Å². The van der Waals surface area contributed by atoms with Gasteiger partial charge in [0.2, 0.25) is 0 Å². The number of rotatable bonds is 11. The Morgan fingerprint density at radius 2 is 1.01 bits per heavy atom. The Balaban J connectivity index is 0.996. The molecule has 13 rings (SSSR count). The minimum atomic E-state index is 0.894. The van der Waals surface area contributed by atoms with Gasteiger partial charge in [-0.25, -0.2) is 0 Å². The van der Waals surface area contributed by atoms with Gasteiger partial charge < -0.3 is 23.5 Å². The largest absolute Gasteiger partial charge is 0.314 e. The van der Waals surface area contributed by atoms with E-state index in [0.717, 1.165) is 76.4 Å². The molecule has 0 bridgehead atoms. The number of benzene rings is 8. The summed E-state index contributed by atoms with van der Waals surface area (Å²) < 4.78 is 7.29. The van der Waals surface area contributed by atoms with Gasteiger partial charge in [0.25, 0.3) is 0 Å². The van der Waals surface area contributed by atoms with Crippen LogP contribution in [0.25, 0.3) is 72.8 Å². The van der Waals surface area contributed by atoms with Gasteiger partial charge in [-0.15, -0.1) is 0 Å². The molecular weight excluding hydrogens is 863 g/mol. The highest BCUT2D eigenvalue weighted by molar-refractivity contribution is 6.13. The molecule has 8 aromatic carbocycles. The molecular formula is C66H51N5. The fourth-order valence-electron chi connectivity index (χ4n) is 11.2. The van der Waals surface area contributed by atoms with Crippen molar-refractivity contribution in [1.82, 2.24) is 13.7 Å². The van der Waals surface area contributed by atoms with Crippen molar-refractivity contribution < 1.29 is 0 Å². The molecule has 11 aromatic rings. The van der Waals surface area contributed by atoms with Crippen molar-refractivity contribution in [2.24, 2.45) is 0 Å². The summed E-state index contributed by atoms with van der Waals surface area (Å²) >= 11 is 0. The van der Waals surface area contributed by atoms with Crippen LogP contribution in [-0.4, -0.2) is 13.7 Å². The number of aromatic nitrogens is 3. The first-order valence-corrected chi connectivity index (χ1v) is 24.7. The van der Waals surface area contributed by atoms with Crippen LogP contribution in [0.15, 0.2) is 249 Å². The minimum Gasteiger partial charge on any atom is -0.314 e. The van der Waals surface area contributed by atoms with Gasteiger partial charge in [-0.3, -0.25) is 0 Å². The summed E-state index contributed by atoms with van der Waals surface area (Å²) in [7, 11) is 0. The Hall–Kier alpha value is -9.06. The van der Waals surface area contributed by atoms with Crippen LogP contribution in [0.1, 0.15) is 36.2 Å². The average Bonchev–Trinajstić information content (AvgIpc) is 4.09.